The third-order valence-corrected chi connectivity index (χ3v) is 5.01. The van der Waals surface area contributed by atoms with Crippen LogP contribution in [0.4, 0.5) is 0 Å². The molecular weight excluding hydrogens is 342 g/mol. The fourth-order valence-electron chi connectivity index (χ4n) is 2.31. The summed E-state index contributed by atoms with van der Waals surface area (Å²) < 4.78 is 1.000. The summed E-state index contributed by atoms with van der Waals surface area (Å²) in [6.45, 7) is 2.53. The van der Waals surface area contributed by atoms with Crippen molar-refractivity contribution in [2.75, 3.05) is 6.54 Å². The minimum atomic E-state index is -0.919. The molecule has 0 aromatic carbocycles. The lowest BCUT2D eigenvalue weighted by atomic mass is 9.92. The molecule has 1 aliphatic heterocycles. The zero-order valence-corrected chi connectivity index (χ0v) is 13.5. The second kappa shape index (κ2) is 6.54. The average molecular weight is 358 g/mol. The van der Waals surface area contributed by atoms with E-state index in [0.29, 0.717) is 18.9 Å². The van der Waals surface area contributed by atoms with Gasteiger partial charge in [-0.25, -0.2) is 4.79 Å². The number of nitrogens with zero attached hydrogens (tertiary/aromatic N) is 1. The second-order valence-corrected chi connectivity index (χ2v) is 7.49. The number of piperidine rings is 1. The van der Waals surface area contributed by atoms with E-state index in [1.165, 1.54) is 22.3 Å². The van der Waals surface area contributed by atoms with Crippen LogP contribution in [-0.2, 0) is 9.59 Å². The normalized spacial score (nSPS) is 23.2. The summed E-state index contributed by atoms with van der Waals surface area (Å²) in [5, 5.41) is 9.24. The van der Waals surface area contributed by atoms with E-state index in [4.69, 9.17) is 0 Å². The smallest absolute Gasteiger partial charge is 0.326 e. The van der Waals surface area contributed by atoms with E-state index in [1.54, 1.807) is 6.08 Å². The molecule has 1 fully saturated rings. The molecule has 108 valence electrons. The van der Waals surface area contributed by atoms with Crippen molar-refractivity contribution >= 4 is 45.2 Å². The fraction of sp³-hybridized carbons (Fsp3) is 0.429. The standard InChI is InChI=1S/C14H16BrNO3S/c1-9-6-7-16(11(8-9)14(18)19)13(17)5-3-10-2-4-12(15)20-10/h2-5,9,11H,6-8H2,1H3,(H,18,19)/b5-3+. The molecule has 4 nitrogen and oxygen atoms in total. The van der Waals surface area contributed by atoms with Crippen LogP contribution in [-0.4, -0.2) is 34.5 Å². The molecule has 1 aliphatic rings. The predicted octanol–water partition coefficient (Wildman–Crippen LogP) is 3.24. The predicted molar refractivity (Wildman–Crippen MR) is 82.6 cm³/mol. The number of hydrogen-bond acceptors (Lipinski definition) is 3. The number of likely N-dealkylation sites (tertiary alicyclic amines) is 1. The maximum atomic E-state index is 12.2. The number of hydrogen-bond donors (Lipinski definition) is 1. The summed E-state index contributed by atoms with van der Waals surface area (Å²) in [5.41, 5.74) is 0. The number of carboxylic acid groups (broad SMARTS) is 1. The Morgan fingerprint density at radius 1 is 1.50 bits per heavy atom. The van der Waals surface area contributed by atoms with Gasteiger partial charge in [0.25, 0.3) is 0 Å². The van der Waals surface area contributed by atoms with Gasteiger partial charge in [-0.1, -0.05) is 6.92 Å². The van der Waals surface area contributed by atoms with E-state index in [0.717, 1.165) is 15.1 Å². The van der Waals surface area contributed by atoms with Crippen LogP contribution in [0.3, 0.4) is 0 Å². The van der Waals surface area contributed by atoms with Crippen LogP contribution >= 0.6 is 27.3 Å². The lowest BCUT2D eigenvalue weighted by Gasteiger charge is -2.35. The Bertz CT molecular complexity index is 540. The topological polar surface area (TPSA) is 57.6 Å². The van der Waals surface area contributed by atoms with Gasteiger partial charge in [0.15, 0.2) is 0 Å². The highest BCUT2D eigenvalue weighted by Gasteiger charge is 2.33. The van der Waals surface area contributed by atoms with Crippen molar-refractivity contribution < 1.29 is 14.7 Å². The molecule has 2 heterocycles. The zero-order valence-electron chi connectivity index (χ0n) is 11.1. The van der Waals surface area contributed by atoms with Gasteiger partial charge < -0.3 is 10.0 Å². The molecule has 1 N–H and O–H groups in total. The van der Waals surface area contributed by atoms with Gasteiger partial charge in [-0.15, -0.1) is 11.3 Å². The van der Waals surface area contributed by atoms with Crippen LogP contribution in [0.2, 0.25) is 0 Å². The number of thiophene rings is 1. The summed E-state index contributed by atoms with van der Waals surface area (Å²) in [4.78, 5) is 25.9. The van der Waals surface area contributed by atoms with Crippen LogP contribution in [0.1, 0.15) is 24.6 Å². The molecule has 0 aliphatic carbocycles. The van der Waals surface area contributed by atoms with Gasteiger partial charge in [-0.05, 0) is 52.9 Å². The van der Waals surface area contributed by atoms with Crippen LogP contribution in [0.5, 0.6) is 0 Å². The third kappa shape index (κ3) is 3.70. The summed E-state index contributed by atoms with van der Waals surface area (Å²) >= 11 is 4.89. The fourth-order valence-corrected chi connectivity index (χ4v) is 3.63. The van der Waals surface area contributed by atoms with Gasteiger partial charge in [-0.3, -0.25) is 4.79 Å². The molecule has 20 heavy (non-hydrogen) atoms. The molecule has 0 radical (unpaired) electrons. The second-order valence-electron chi connectivity index (χ2n) is 4.99. The summed E-state index contributed by atoms with van der Waals surface area (Å²) in [6.07, 6.45) is 4.58. The number of amides is 1. The Labute approximate surface area is 130 Å². The molecule has 2 unspecified atom stereocenters. The highest BCUT2D eigenvalue weighted by molar-refractivity contribution is 9.11. The van der Waals surface area contributed by atoms with Crippen molar-refractivity contribution in [1.82, 2.24) is 4.90 Å². The third-order valence-electron chi connectivity index (χ3n) is 3.42. The molecular formula is C14H16BrNO3S. The highest BCUT2D eigenvalue weighted by atomic mass is 79.9. The molecule has 2 atom stereocenters. The molecule has 1 saturated heterocycles. The molecule has 6 heteroatoms. The first-order valence-electron chi connectivity index (χ1n) is 6.44. The number of rotatable bonds is 3. The van der Waals surface area contributed by atoms with Crippen molar-refractivity contribution in [3.05, 3.63) is 26.9 Å². The Balaban J connectivity index is 2.07. The zero-order chi connectivity index (χ0) is 14.7. The van der Waals surface area contributed by atoms with E-state index < -0.39 is 12.0 Å². The monoisotopic (exact) mass is 357 g/mol. The number of carbonyl (C=O) groups is 2. The minimum absolute atomic E-state index is 0.228. The Morgan fingerprint density at radius 3 is 2.85 bits per heavy atom. The summed E-state index contributed by atoms with van der Waals surface area (Å²) in [6, 6.07) is 3.12. The average Bonchev–Trinajstić information content (AvgIpc) is 2.81. The van der Waals surface area contributed by atoms with E-state index in [9.17, 15) is 14.7 Å². The quantitative estimate of drug-likeness (QED) is 0.844. The molecule has 1 aromatic rings. The van der Waals surface area contributed by atoms with Crippen molar-refractivity contribution in [3.63, 3.8) is 0 Å². The Kier molecular flexibility index (Phi) is 4.99. The lowest BCUT2D eigenvalue weighted by molar-refractivity contribution is -0.151. The first-order valence-corrected chi connectivity index (χ1v) is 8.05. The number of carboxylic acids is 1. The minimum Gasteiger partial charge on any atom is -0.480 e. The van der Waals surface area contributed by atoms with Crippen LogP contribution in [0.15, 0.2) is 22.0 Å². The summed E-state index contributed by atoms with van der Waals surface area (Å²) in [5.74, 6) is -0.802. The van der Waals surface area contributed by atoms with Crippen molar-refractivity contribution in [2.45, 2.75) is 25.8 Å². The molecule has 0 saturated carbocycles. The van der Waals surface area contributed by atoms with E-state index in [-0.39, 0.29) is 5.91 Å². The van der Waals surface area contributed by atoms with Crippen molar-refractivity contribution in [1.29, 1.82) is 0 Å². The van der Waals surface area contributed by atoms with E-state index in [1.807, 2.05) is 19.1 Å². The SMILES string of the molecule is CC1CCN(C(=O)/C=C/c2ccc(Br)s2)C(C(=O)O)C1. The summed E-state index contributed by atoms with van der Waals surface area (Å²) in [7, 11) is 0. The van der Waals surface area contributed by atoms with Crippen LogP contribution in [0, 0.1) is 5.92 Å². The largest absolute Gasteiger partial charge is 0.480 e. The molecule has 0 bridgehead atoms. The van der Waals surface area contributed by atoms with E-state index >= 15 is 0 Å². The maximum Gasteiger partial charge on any atom is 0.326 e. The molecule has 0 spiro atoms. The number of halogens is 1. The lowest BCUT2D eigenvalue weighted by Crippen LogP contribution is -2.49. The number of carbonyl (C=O) groups excluding carboxylic acids is 1. The van der Waals surface area contributed by atoms with Gasteiger partial charge in [0.05, 0.1) is 3.79 Å². The van der Waals surface area contributed by atoms with Crippen molar-refractivity contribution in [2.24, 2.45) is 5.92 Å². The van der Waals surface area contributed by atoms with Gasteiger partial charge in [-0.2, -0.15) is 0 Å². The number of aliphatic carboxylic acids is 1. The Morgan fingerprint density at radius 2 is 2.25 bits per heavy atom. The molecule has 1 amide bonds. The van der Waals surface area contributed by atoms with Gasteiger partial charge in [0, 0.05) is 17.5 Å². The van der Waals surface area contributed by atoms with Crippen molar-refractivity contribution in [3.8, 4) is 0 Å². The first-order chi connectivity index (χ1) is 9.47. The molecule has 2 rings (SSSR count). The van der Waals surface area contributed by atoms with Gasteiger partial charge in [0.2, 0.25) is 5.91 Å². The van der Waals surface area contributed by atoms with E-state index in [2.05, 4.69) is 15.9 Å². The van der Waals surface area contributed by atoms with Gasteiger partial charge in [0.1, 0.15) is 6.04 Å². The van der Waals surface area contributed by atoms with Gasteiger partial charge >= 0.3 is 5.97 Å². The maximum absolute atomic E-state index is 12.2. The Hall–Kier alpha value is -1.14. The van der Waals surface area contributed by atoms with Crippen LogP contribution in [0.25, 0.3) is 6.08 Å². The first kappa shape index (κ1) is 15.3. The highest BCUT2D eigenvalue weighted by Crippen LogP contribution is 2.25. The van der Waals surface area contributed by atoms with Crippen LogP contribution < -0.4 is 0 Å². The molecule has 1 aromatic heterocycles.